The highest BCUT2D eigenvalue weighted by Gasteiger charge is 2.37. The van der Waals surface area contributed by atoms with Crippen molar-refractivity contribution in [2.24, 2.45) is 0 Å². The third-order valence-corrected chi connectivity index (χ3v) is 12.2. The molecule has 0 saturated heterocycles. The summed E-state index contributed by atoms with van der Waals surface area (Å²) in [5.41, 5.74) is 11.8. The van der Waals surface area contributed by atoms with Crippen molar-refractivity contribution in [1.29, 1.82) is 0 Å². The van der Waals surface area contributed by atoms with E-state index in [-0.39, 0.29) is 5.41 Å². The Kier molecular flexibility index (Phi) is 6.43. The smallest absolute Gasteiger partial charge is 0.164 e. The third-order valence-electron chi connectivity index (χ3n) is 11.1. The summed E-state index contributed by atoms with van der Waals surface area (Å²) in [7, 11) is 0. The van der Waals surface area contributed by atoms with E-state index in [1.165, 1.54) is 64.2 Å². The predicted molar refractivity (Wildman–Crippen MR) is 221 cm³/mol. The van der Waals surface area contributed by atoms with Crippen LogP contribution in [0.5, 0.6) is 0 Å². The van der Waals surface area contributed by atoms with Crippen molar-refractivity contribution in [3.63, 3.8) is 0 Å². The molecule has 4 nitrogen and oxygen atoms in total. The van der Waals surface area contributed by atoms with Crippen molar-refractivity contribution >= 4 is 53.3 Å². The second-order valence-electron chi connectivity index (χ2n) is 14.4. The van der Waals surface area contributed by atoms with Gasteiger partial charge in [0, 0.05) is 58.7 Å². The fourth-order valence-electron chi connectivity index (χ4n) is 8.51. The highest BCUT2D eigenvalue weighted by atomic mass is 32.1. The molecule has 11 rings (SSSR count). The average Bonchev–Trinajstić information content (AvgIpc) is 3.83. The summed E-state index contributed by atoms with van der Waals surface area (Å²) in [5.74, 6) is 1.97. The Morgan fingerprint density at radius 3 is 1.91 bits per heavy atom. The Bertz CT molecular complexity index is 3080. The maximum absolute atomic E-state index is 5.10. The van der Waals surface area contributed by atoms with Crippen LogP contribution in [-0.2, 0) is 5.41 Å². The highest BCUT2D eigenvalue weighted by molar-refractivity contribution is 7.25. The number of hydrogen-bond donors (Lipinski definition) is 0. The molecule has 0 fully saturated rings. The Labute approximate surface area is 310 Å². The minimum Gasteiger partial charge on any atom is -0.309 e. The van der Waals surface area contributed by atoms with Crippen molar-refractivity contribution in [2.45, 2.75) is 19.3 Å². The van der Waals surface area contributed by atoms with Crippen LogP contribution in [0.15, 0.2) is 158 Å². The molecule has 3 aromatic heterocycles. The quantitative estimate of drug-likeness (QED) is 0.184. The lowest BCUT2D eigenvalue weighted by atomic mass is 9.82. The largest absolute Gasteiger partial charge is 0.309 e. The summed E-state index contributed by atoms with van der Waals surface area (Å²) in [6.07, 6.45) is 0. The molecule has 0 atom stereocenters. The highest BCUT2D eigenvalue weighted by Crippen LogP contribution is 2.53. The van der Waals surface area contributed by atoms with Crippen LogP contribution in [0.1, 0.15) is 25.0 Å². The summed E-state index contributed by atoms with van der Waals surface area (Å²) < 4.78 is 4.90. The molecule has 1 aliphatic rings. The molecule has 1 aliphatic carbocycles. The van der Waals surface area contributed by atoms with Gasteiger partial charge < -0.3 is 4.57 Å². The van der Waals surface area contributed by atoms with Crippen LogP contribution in [0.25, 0.3) is 93.0 Å². The van der Waals surface area contributed by atoms with Crippen molar-refractivity contribution in [3.8, 4) is 51.0 Å². The molecule has 10 aromatic rings. The van der Waals surface area contributed by atoms with Crippen LogP contribution in [0.3, 0.4) is 0 Å². The maximum Gasteiger partial charge on any atom is 0.164 e. The zero-order valence-electron chi connectivity index (χ0n) is 29.2. The monoisotopic (exact) mass is 696 g/mol. The van der Waals surface area contributed by atoms with Crippen LogP contribution >= 0.6 is 11.3 Å². The van der Waals surface area contributed by atoms with Crippen molar-refractivity contribution < 1.29 is 0 Å². The first kappa shape index (κ1) is 30.2. The summed E-state index contributed by atoms with van der Waals surface area (Å²) in [5, 5.41) is 5.11. The van der Waals surface area contributed by atoms with Gasteiger partial charge in [0.1, 0.15) is 0 Å². The molecule has 0 N–H and O–H groups in total. The molecule has 53 heavy (non-hydrogen) atoms. The number of nitrogens with zero attached hydrogens (tertiary/aromatic N) is 4. The van der Waals surface area contributed by atoms with E-state index in [0.29, 0.717) is 17.5 Å². The second kappa shape index (κ2) is 11.3. The van der Waals surface area contributed by atoms with Gasteiger partial charge in [-0.15, -0.1) is 11.3 Å². The molecule has 0 spiro atoms. The number of aromatic nitrogens is 4. The van der Waals surface area contributed by atoms with Crippen LogP contribution in [0.2, 0.25) is 0 Å². The summed E-state index contributed by atoms with van der Waals surface area (Å²) in [4.78, 5) is 15.2. The first-order chi connectivity index (χ1) is 26.0. The van der Waals surface area contributed by atoms with E-state index < -0.39 is 0 Å². The van der Waals surface area contributed by atoms with E-state index >= 15 is 0 Å². The van der Waals surface area contributed by atoms with E-state index in [1.54, 1.807) is 11.3 Å². The lowest BCUT2D eigenvalue weighted by Gasteiger charge is -2.21. The zero-order valence-corrected chi connectivity index (χ0v) is 30.0. The number of fused-ring (bicyclic) bond motifs is 10. The number of benzene rings is 7. The molecule has 0 bridgehead atoms. The van der Waals surface area contributed by atoms with E-state index in [0.717, 1.165) is 22.4 Å². The van der Waals surface area contributed by atoms with Gasteiger partial charge in [0.15, 0.2) is 17.5 Å². The van der Waals surface area contributed by atoms with Gasteiger partial charge in [-0.25, -0.2) is 15.0 Å². The molecule has 3 heterocycles. The van der Waals surface area contributed by atoms with Gasteiger partial charge in [-0.1, -0.05) is 123 Å². The molecule has 5 heteroatoms. The van der Waals surface area contributed by atoms with Gasteiger partial charge in [0.05, 0.1) is 11.0 Å². The Hall–Kier alpha value is -6.43. The molecule has 0 saturated carbocycles. The van der Waals surface area contributed by atoms with Crippen molar-refractivity contribution in [3.05, 3.63) is 169 Å². The third kappa shape index (κ3) is 4.51. The molecule has 0 amide bonds. The van der Waals surface area contributed by atoms with Gasteiger partial charge in [0.25, 0.3) is 0 Å². The normalized spacial score (nSPS) is 13.2. The Morgan fingerprint density at radius 2 is 1.09 bits per heavy atom. The van der Waals surface area contributed by atoms with E-state index in [1.807, 2.05) is 18.2 Å². The molecule has 250 valence electrons. The maximum atomic E-state index is 5.10. The molecular weight excluding hydrogens is 665 g/mol. The first-order valence-electron chi connectivity index (χ1n) is 18.0. The molecule has 7 aromatic carbocycles. The van der Waals surface area contributed by atoms with Crippen LogP contribution in [0.4, 0.5) is 0 Å². The predicted octanol–water partition coefficient (Wildman–Crippen LogP) is 12.6. The number of hydrogen-bond acceptors (Lipinski definition) is 4. The van der Waals surface area contributed by atoms with Crippen molar-refractivity contribution in [1.82, 2.24) is 19.5 Å². The van der Waals surface area contributed by atoms with Crippen LogP contribution in [-0.4, -0.2) is 19.5 Å². The second-order valence-corrected chi connectivity index (χ2v) is 15.5. The SMILES string of the molecule is CC1(C)c2ccccc2-c2c1ccc1c2c2ccccc2n1-c1ccc(-c2nc(-c3ccccc3)nc(-c3ccc4c(c3)sc3ccccc34)n2)cc1. The fraction of sp³-hybridized carbons (Fsp3) is 0.0625. The van der Waals surface area contributed by atoms with Crippen LogP contribution in [0, 0.1) is 0 Å². The van der Waals surface area contributed by atoms with E-state index in [9.17, 15) is 0 Å². The number of rotatable bonds is 4. The molecule has 0 unspecified atom stereocenters. The van der Waals surface area contributed by atoms with Gasteiger partial charge in [-0.2, -0.15) is 0 Å². The summed E-state index contributed by atoms with van der Waals surface area (Å²) in [6.45, 7) is 4.69. The first-order valence-corrected chi connectivity index (χ1v) is 18.9. The topological polar surface area (TPSA) is 43.6 Å². The Morgan fingerprint density at radius 1 is 0.472 bits per heavy atom. The van der Waals surface area contributed by atoms with E-state index in [4.69, 9.17) is 15.0 Å². The average molecular weight is 697 g/mol. The zero-order chi connectivity index (χ0) is 35.3. The van der Waals surface area contributed by atoms with Gasteiger partial charge >= 0.3 is 0 Å². The molecule has 0 radical (unpaired) electrons. The Balaban J connectivity index is 1.06. The standard InChI is InChI=1S/C48H32N4S/c1-48(2)37-17-9-6-15-35(37)43-38(48)26-27-40-44(43)36-16-7-10-18-39(36)52(40)32-23-20-30(21-24-32)46-49-45(29-12-4-3-5-13-29)50-47(51-46)31-22-25-34-33-14-8-11-19-41(33)53-42(34)28-31/h3-28H,1-2H3. The fourth-order valence-corrected chi connectivity index (χ4v) is 9.65. The minimum absolute atomic E-state index is 0.0589. The summed E-state index contributed by atoms with van der Waals surface area (Å²) in [6, 6.07) is 56.3. The van der Waals surface area contributed by atoms with Crippen molar-refractivity contribution in [2.75, 3.05) is 0 Å². The van der Waals surface area contributed by atoms with Crippen LogP contribution < -0.4 is 0 Å². The lowest BCUT2D eigenvalue weighted by Crippen LogP contribution is -2.14. The molecule has 0 aliphatic heterocycles. The lowest BCUT2D eigenvalue weighted by molar-refractivity contribution is 0.661. The van der Waals surface area contributed by atoms with Gasteiger partial charge in [-0.3, -0.25) is 0 Å². The minimum atomic E-state index is -0.0589. The van der Waals surface area contributed by atoms with Gasteiger partial charge in [-0.05, 0) is 70.8 Å². The number of para-hydroxylation sites is 1. The number of thiophene rings is 1. The van der Waals surface area contributed by atoms with Gasteiger partial charge in [0.2, 0.25) is 0 Å². The van der Waals surface area contributed by atoms with E-state index in [2.05, 4.69) is 158 Å². The summed E-state index contributed by atoms with van der Waals surface area (Å²) >= 11 is 1.80. The molecular formula is C48H32N4S.